The van der Waals surface area contributed by atoms with Crippen LogP contribution in [0.1, 0.15) is 29.2 Å². The second kappa shape index (κ2) is 13.1. The summed E-state index contributed by atoms with van der Waals surface area (Å²) in [5, 5.41) is 19.4. The monoisotopic (exact) mass is 538 g/mol. The lowest BCUT2D eigenvalue weighted by atomic mass is 10.1. The van der Waals surface area contributed by atoms with Crippen LogP contribution in [-0.4, -0.2) is 50.8 Å². The van der Waals surface area contributed by atoms with Gasteiger partial charge in [-0.25, -0.2) is 4.99 Å². The molecule has 3 rings (SSSR count). The van der Waals surface area contributed by atoms with Crippen LogP contribution in [0, 0.1) is 6.92 Å². The maximum atomic E-state index is 5.14. The molecular formula is C21H31IN8O. The molecule has 0 bridgehead atoms. The molecule has 0 aliphatic carbocycles. The maximum Gasteiger partial charge on any atom is 0.191 e. The van der Waals surface area contributed by atoms with Crippen molar-refractivity contribution in [3.8, 4) is 0 Å². The normalized spacial score (nSPS) is 11.3. The zero-order chi connectivity index (χ0) is 21.2. The van der Waals surface area contributed by atoms with Gasteiger partial charge in [0.25, 0.3) is 0 Å². The Labute approximate surface area is 200 Å². The molecular weight excluding hydrogens is 507 g/mol. The zero-order valence-corrected chi connectivity index (χ0v) is 20.6. The minimum Gasteiger partial charge on any atom is -0.385 e. The van der Waals surface area contributed by atoms with E-state index in [2.05, 4.69) is 38.1 Å². The van der Waals surface area contributed by atoms with Crippen LogP contribution in [0.25, 0.3) is 0 Å². The van der Waals surface area contributed by atoms with Crippen molar-refractivity contribution in [2.75, 3.05) is 20.3 Å². The predicted molar refractivity (Wildman–Crippen MR) is 131 cm³/mol. The SMILES string of the molecule is COCCCNC(=NCc1ccccc1Cn1cccn1)NCc1nnc(C)n1C.I. The van der Waals surface area contributed by atoms with Gasteiger partial charge in [0.1, 0.15) is 5.82 Å². The number of benzene rings is 1. The maximum absolute atomic E-state index is 5.14. The van der Waals surface area contributed by atoms with Crippen molar-refractivity contribution in [3.05, 3.63) is 65.5 Å². The largest absolute Gasteiger partial charge is 0.385 e. The van der Waals surface area contributed by atoms with E-state index < -0.39 is 0 Å². The molecule has 168 valence electrons. The topological polar surface area (TPSA) is 94.2 Å². The Morgan fingerprint density at radius 1 is 1.13 bits per heavy atom. The minimum absolute atomic E-state index is 0. The molecule has 0 aliphatic rings. The summed E-state index contributed by atoms with van der Waals surface area (Å²) in [5.41, 5.74) is 2.37. The zero-order valence-electron chi connectivity index (χ0n) is 18.3. The van der Waals surface area contributed by atoms with Gasteiger partial charge in [-0.15, -0.1) is 34.2 Å². The van der Waals surface area contributed by atoms with Gasteiger partial charge in [0.15, 0.2) is 11.8 Å². The second-order valence-corrected chi connectivity index (χ2v) is 6.99. The van der Waals surface area contributed by atoms with Gasteiger partial charge < -0.3 is 19.9 Å². The van der Waals surface area contributed by atoms with Crippen LogP contribution in [0.5, 0.6) is 0 Å². The average Bonchev–Trinajstić information content (AvgIpc) is 3.38. The van der Waals surface area contributed by atoms with E-state index in [1.807, 2.05) is 47.6 Å². The highest BCUT2D eigenvalue weighted by Crippen LogP contribution is 2.11. The summed E-state index contributed by atoms with van der Waals surface area (Å²) in [6.45, 7) is 5.24. The van der Waals surface area contributed by atoms with Gasteiger partial charge in [-0.3, -0.25) is 4.68 Å². The minimum atomic E-state index is 0. The lowest BCUT2D eigenvalue weighted by molar-refractivity contribution is 0.195. The van der Waals surface area contributed by atoms with Crippen LogP contribution in [0.4, 0.5) is 0 Å². The van der Waals surface area contributed by atoms with E-state index in [9.17, 15) is 0 Å². The molecule has 2 aromatic heterocycles. The summed E-state index contributed by atoms with van der Waals surface area (Å²) in [6.07, 6.45) is 4.66. The number of hydrogen-bond donors (Lipinski definition) is 2. The second-order valence-electron chi connectivity index (χ2n) is 6.99. The van der Waals surface area contributed by atoms with Gasteiger partial charge in [0.05, 0.1) is 19.6 Å². The van der Waals surface area contributed by atoms with Crippen LogP contribution in [0.2, 0.25) is 0 Å². The number of aliphatic imine (C=N–C) groups is 1. The van der Waals surface area contributed by atoms with Gasteiger partial charge in [-0.05, 0) is 30.5 Å². The molecule has 0 fully saturated rings. The Kier molecular flexibility index (Phi) is 10.4. The number of rotatable bonds is 10. The van der Waals surface area contributed by atoms with E-state index in [0.717, 1.165) is 37.1 Å². The molecule has 0 aliphatic heterocycles. The van der Waals surface area contributed by atoms with E-state index in [-0.39, 0.29) is 24.0 Å². The van der Waals surface area contributed by atoms with Crippen molar-refractivity contribution in [3.63, 3.8) is 0 Å². The highest BCUT2D eigenvalue weighted by molar-refractivity contribution is 14.0. The van der Waals surface area contributed by atoms with Gasteiger partial charge >= 0.3 is 0 Å². The molecule has 31 heavy (non-hydrogen) atoms. The van der Waals surface area contributed by atoms with Crippen molar-refractivity contribution in [1.82, 2.24) is 35.2 Å². The van der Waals surface area contributed by atoms with Crippen molar-refractivity contribution >= 4 is 29.9 Å². The lowest BCUT2D eigenvalue weighted by Gasteiger charge is -2.13. The van der Waals surface area contributed by atoms with E-state index in [4.69, 9.17) is 9.73 Å². The number of nitrogens with zero attached hydrogens (tertiary/aromatic N) is 6. The van der Waals surface area contributed by atoms with Gasteiger partial charge in [-0.2, -0.15) is 5.10 Å². The molecule has 0 radical (unpaired) electrons. The van der Waals surface area contributed by atoms with E-state index in [0.29, 0.717) is 19.7 Å². The number of hydrogen-bond acceptors (Lipinski definition) is 5. The van der Waals surface area contributed by atoms with Gasteiger partial charge in [0.2, 0.25) is 0 Å². The van der Waals surface area contributed by atoms with Crippen LogP contribution in [0.3, 0.4) is 0 Å². The summed E-state index contributed by atoms with van der Waals surface area (Å²) < 4.78 is 9.02. The molecule has 0 atom stereocenters. The molecule has 10 heteroatoms. The summed E-state index contributed by atoms with van der Waals surface area (Å²) in [6, 6.07) is 10.2. The van der Waals surface area contributed by atoms with Crippen LogP contribution >= 0.6 is 24.0 Å². The fraction of sp³-hybridized carbons (Fsp3) is 0.429. The van der Waals surface area contributed by atoms with Crippen LogP contribution in [-0.2, 0) is 31.4 Å². The number of guanidine groups is 1. The predicted octanol–water partition coefficient (Wildman–Crippen LogP) is 2.26. The fourth-order valence-corrected chi connectivity index (χ4v) is 2.96. The Morgan fingerprint density at radius 3 is 2.61 bits per heavy atom. The van der Waals surface area contributed by atoms with Crippen LogP contribution < -0.4 is 10.6 Å². The number of halogens is 1. The third-order valence-electron chi connectivity index (χ3n) is 4.83. The molecule has 2 N–H and O–H groups in total. The first kappa shape index (κ1) is 24.8. The first-order chi connectivity index (χ1) is 14.7. The van der Waals surface area contributed by atoms with E-state index in [1.165, 1.54) is 11.1 Å². The standard InChI is InChI=1S/C21H30N8O.HI/c1-17-26-27-20(28(17)2)15-24-21(22-10-7-13-30-3)23-14-18-8-4-5-9-19(18)16-29-12-6-11-25-29;/h4-6,8-9,11-12H,7,10,13-16H2,1-3H3,(H2,22,23,24);1H. The van der Waals surface area contributed by atoms with Crippen molar-refractivity contribution in [2.24, 2.45) is 12.0 Å². The van der Waals surface area contributed by atoms with Gasteiger partial charge in [0, 0.05) is 39.7 Å². The molecule has 3 aromatic rings. The molecule has 1 aromatic carbocycles. The number of ether oxygens (including phenoxy) is 1. The smallest absolute Gasteiger partial charge is 0.191 e. The quantitative estimate of drug-likeness (QED) is 0.178. The first-order valence-electron chi connectivity index (χ1n) is 10.1. The van der Waals surface area contributed by atoms with E-state index >= 15 is 0 Å². The molecule has 0 amide bonds. The van der Waals surface area contributed by atoms with Crippen molar-refractivity contribution in [1.29, 1.82) is 0 Å². The summed E-state index contributed by atoms with van der Waals surface area (Å²) in [4.78, 5) is 4.80. The molecule has 0 unspecified atom stereocenters. The molecule has 0 saturated heterocycles. The lowest BCUT2D eigenvalue weighted by Crippen LogP contribution is -2.38. The molecule has 2 heterocycles. The van der Waals surface area contributed by atoms with Crippen molar-refractivity contribution in [2.45, 2.75) is 33.0 Å². The number of aromatic nitrogens is 5. The summed E-state index contributed by atoms with van der Waals surface area (Å²) >= 11 is 0. The third-order valence-corrected chi connectivity index (χ3v) is 4.83. The Bertz CT molecular complexity index is 939. The third kappa shape index (κ3) is 7.62. The highest BCUT2D eigenvalue weighted by Gasteiger charge is 2.07. The van der Waals surface area contributed by atoms with E-state index in [1.54, 1.807) is 13.3 Å². The highest BCUT2D eigenvalue weighted by atomic mass is 127. The first-order valence-corrected chi connectivity index (χ1v) is 10.1. The van der Waals surface area contributed by atoms with Crippen LogP contribution in [0.15, 0.2) is 47.7 Å². The molecule has 0 spiro atoms. The average molecular weight is 538 g/mol. The van der Waals surface area contributed by atoms with Gasteiger partial charge in [-0.1, -0.05) is 24.3 Å². The number of methoxy groups -OCH3 is 1. The Hall–Kier alpha value is -2.47. The Balaban J connectivity index is 0.00000341. The number of nitrogens with one attached hydrogen (secondary N) is 2. The number of aryl methyl sites for hydroxylation is 1. The summed E-state index contributed by atoms with van der Waals surface area (Å²) in [7, 11) is 3.67. The molecule has 0 saturated carbocycles. The Morgan fingerprint density at radius 2 is 1.94 bits per heavy atom. The molecule has 9 nitrogen and oxygen atoms in total. The summed E-state index contributed by atoms with van der Waals surface area (Å²) in [5.74, 6) is 2.48. The van der Waals surface area contributed by atoms with Crippen molar-refractivity contribution < 1.29 is 4.74 Å². The fourth-order valence-electron chi connectivity index (χ4n) is 2.96.